The average Bonchev–Trinajstić information content (AvgIpc) is 3.87. The maximum Gasteiger partial charge on any atom is 0.0645 e. The third-order valence-corrected chi connectivity index (χ3v) is 12.0. The zero-order valence-corrected chi connectivity index (χ0v) is 32.6. The quantitative estimate of drug-likeness (QED) is 0.160. The van der Waals surface area contributed by atoms with E-state index in [1.54, 1.807) is 0 Å². The number of para-hydroxylation sites is 1. The lowest BCUT2D eigenvalue weighted by atomic mass is 9.95. The van der Waals surface area contributed by atoms with Crippen molar-refractivity contribution in [3.63, 3.8) is 0 Å². The number of aromatic nitrogens is 2. The summed E-state index contributed by atoms with van der Waals surface area (Å²) in [5, 5.41) is 6.03. The molecule has 0 aliphatic heterocycles. The molecule has 280 valence electrons. The molecule has 0 atom stereocenters. The highest BCUT2D eigenvalue weighted by molar-refractivity contribution is 6.17. The van der Waals surface area contributed by atoms with Crippen LogP contribution in [0.5, 0.6) is 0 Å². The molecule has 0 radical (unpaired) electrons. The largest absolute Gasteiger partial charge is 0.309 e. The topological polar surface area (TPSA) is 9.86 Å². The summed E-state index contributed by atoms with van der Waals surface area (Å²) in [6.07, 6.45) is 0. The van der Waals surface area contributed by atoms with E-state index in [0.29, 0.717) is 16.5 Å². The highest BCUT2D eigenvalue weighted by Crippen LogP contribution is 2.42. The van der Waals surface area contributed by atoms with Crippen molar-refractivity contribution < 1.29 is 4.11 Å². The van der Waals surface area contributed by atoms with Gasteiger partial charge in [-0.05, 0) is 122 Å². The third-order valence-electron chi connectivity index (χ3n) is 12.0. The number of rotatable bonds is 6. The summed E-state index contributed by atoms with van der Waals surface area (Å²) in [4.78, 5) is 0. The van der Waals surface area contributed by atoms with Crippen molar-refractivity contribution in [2.75, 3.05) is 0 Å². The van der Waals surface area contributed by atoms with Gasteiger partial charge in [0.15, 0.2) is 0 Å². The Balaban J connectivity index is 1.10. The lowest BCUT2D eigenvalue weighted by Gasteiger charge is -2.11. The Morgan fingerprint density at radius 2 is 0.900 bits per heavy atom. The monoisotopic (exact) mass is 765 g/mol. The van der Waals surface area contributed by atoms with E-state index in [9.17, 15) is 4.11 Å². The van der Waals surface area contributed by atoms with Gasteiger partial charge in [-0.1, -0.05) is 164 Å². The van der Waals surface area contributed by atoms with Gasteiger partial charge >= 0.3 is 0 Å². The van der Waals surface area contributed by atoms with E-state index in [0.717, 1.165) is 83.0 Å². The highest BCUT2D eigenvalue weighted by atomic mass is 15.0. The third kappa shape index (κ3) is 5.57. The number of benzene rings is 10. The molecule has 12 rings (SSSR count). The summed E-state index contributed by atoms with van der Waals surface area (Å²) in [6, 6.07) is 74.2. The fourth-order valence-electron chi connectivity index (χ4n) is 9.17. The van der Waals surface area contributed by atoms with Crippen LogP contribution in [0.2, 0.25) is 0 Å². The van der Waals surface area contributed by atoms with Crippen LogP contribution >= 0.6 is 0 Å². The molecule has 0 aliphatic rings. The summed E-state index contributed by atoms with van der Waals surface area (Å²) in [6.45, 7) is 0. The second-order valence-corrected chi connectivity index (χ2v) is 15.5. The van der Waals surface area contributed by atoms with Crippen LogP contribution in [0.4, 0.5) is 0 Å². The van der Waals surface area contributed by atoms with Gasteiger partial charge in [0.1, 0.15) is 0 Å². The van der Waals surface area contributed by atoms with E-state index in [-0.39, 0.29) is 18.1 Å². The Morgan fingerprint density at radius 1 is 0.300 bits per heavy atom. The van der Waals surface area contributed by atoms with Gasteiger partial charge in [0.2, 0.25) is 0 Å². The molecule has 0 saturated carbocycles. The predicted molar refractivity (Wildman–Crippen MR) is 254 cm³/mol. The second kappa shape index (κ2) is 13.9. The van der Waals surface area contributed by atoms with E-state index in [4.69, 9.17) is 0 Å². The minimum absolute atomic E-state index is 0.0332. The van der Waals surface area contributed by atoms with E-state index in [1.165, 1.54) is 10.8 Å². The van der Waals surface area contributed by atoms with Crippen LogP contribution in [0.25, 0.3) is 110 Å². The molecule has 0 fully saturated rings. The van der Waals surface area contributed by atoms with E-state index < -0.39 is 0 Å². The second-order valence-electron chi connectivity index (χ2n) is 15.5. The average molecular weight is 766 g/mol. The van der Waals surface area contributed by atoms with Gasteiger partial charge in [0.25, 0.3) is 0 Å². The van der Waals surface area contributed by atoms with Crippen molar-refractivity contribution in [3.05, 3.63) is 230 Å². The molecular formula is C58H38N2. The van der Waals surface area contributed by atoms with Crippen LogP contribution in [-0.4, -0.2) is 9.13 Å². The first-order chi connectivity index (χ1) is 31.0. The normalized spacial score (nSPS) is 12.4. The molecule has 0 amide bonds. The minimum atomic E-state index is 0.0332. The van der Waals surface area contributed by atoms with Crippen molar-refractivity contribution in [2.24, 2.45) is 0 Å². The van der Waals surface area contributed by atoms with Crippen LogP contribution in [-0.2, 0) is 0 Å². The van der Waals surface area contributed by atoms with Crippen LogP contribution in [0.15, 0.2) is 230 Å². The molecule has 10 aromatic carbocycles. The molecule has 0 aliphatic carbocycles. The van der Waals surface area contributed by atoms with Gasteiger partial charge in [0, 0.05) is 32.9 Å². The fourth-order valence-corrected chi connectivity index (χ4v) is 9.17. The predicted octanol–water partition coefficient (Wildman–Crippen LogP) is 15.7. The molecule has 12 aromatic rings. The van der Waals surface area contributed by atoms with Crippen LogP contribution in [0.3, 0.4) is 0 Å². The lowest BCUT2D eigenvalue weighted by Crippen LogP contribution is -1.94. The van der Waals surface area contributed by atoms with E-state index in [2.05, 4.69) is 167 Å². The number of nitrogens with zero attached hydrogens (tertiary/aromatic N) is 2. The highest BCUT2D eigenvalue weighted by Gasteiger charge is 2.19. The standard InChI is InChI=1S/C58H38N2/c1-3-13-39(14-4-1)42-27-31-48(32-28-42)59-54-23-10-9-21-51(54)52-37-45(29-33-55(52)59)46-30-34-56-53(38-46)58-50(47-26-25-41-17-7-8-18-43(41)35-47)22-12-24-57(58)60(56)49-20-11-19-44(36-49)40-15-5-2-6-16-40/h1-38H/i29D,33D,37D. The Bertz CT molecular complexity index is 3750. The molecule has 2 heterocycles. The van der Waals surface area contributed by atoms with E-state index in [1.807, 2.05) is 54.6 Å². The van der Waals surface area contributed by atoms with E-state index >= 15 is 0 Å². The van der Waals surface area contributed by atoms with Crippen LogP contribution in [0.1, 0.15) is 4.11 Å². The smallest absolute Gasteiger partial charge is 0.0645 e. The molecular weight excluding hydrogens is 725 g/mol. The molecule has 0 N–H and O–H groups in total. The number of hydrogen-bond donors (Lipinski definition) is 0. The van der Waals surface area contributed by atoms with Crippen molar-refractivity contribution >= 4 is 54.4 Å². The summed E-state index contributed by atoms with van der Waals surface area (Å²) in [5.41, 5.74) is 13.4. The zero-order chi connectivity index (χ0) is 42.2. The maximum absolute atomic E-state index is 9.97. The summed E-state index contributed by atoms with van der Waals surface area (Å²) >= 11 is 0. The molecule has 2 aromatic heterocycles. The van der Waals surface area contributed by atoms with Gasteiger partial charge in [0.05, 0.1) is 26.2 Å². The van der Waals surface area contributed by atoms with Crippen LogP contribution in [0, 0.1) is 0 Å². The Labute approximate surface area is 352 Å². The fraction of sp³-hybridized carbons (Fsp3) is 0. The summed E-state index contributed by atoms with van der Waals surface area (Å²) < 4.78 is 33.7. The Kier molecular flexibility index (Phi) is 7.19. The van der Waals surface area contributed by atoms with Gasteiger partial charge in [-0.15, -0.1) is 0 Å². The molecule has 2 heteroatoms. The Hall–Kier alpha value is -7.94. The summed E-state index contributed by atoms with van der Waals surface area (Å²) in [5.74, 6) is 0. The zero-order valence-electron chi connectivity index (χ0n) is 35.6. The SMILES string of the molecule is [2H]c1c(-c2ccc3c(c2)c2c(-c4ccc5ccccc5c4)cccc2n3-c2cccc(-c3ccccc3)c2)c([2H])c2c3ccccc3n(-c3ccc(-c4ccccc4)cc3)c2c1[2H]. The first-order valence-electron chi connectivity index (χ1n) is 21.9. The molecule has 0 unspecified atom stereocenters. The van der Waals surface area contributed by atoms with Crippen molar-refractivity contribution in [2.45, 2.75) is 0 Å². The first kappa shape index (κ1) is 31.1. The molecule has 0 saturated heterocycles. The van der Waals surface area contributed by atoms with Gasteiger partial charge in [-0.2, -0.15) is 0 Å². The minimum Gasteiger partial charge on any atom is -0.309 e. The number of fused-ring (bicyclic) bond motifs is 7. The molecule has 60 heavy (non-hydrogen) atoms. The molecule has 0 bridgehead atoms. The van der Waals surface area contributed by atoms with Gasteiger partial charge in [-0.25, -0.2) is 0 Å². The number of hydrogen-bond acceptors (Lipinski definition) is 0. The van der Waals surface area contributed by atoms with Crippen molar-refractivity contribution in [1.29, 1.82) is 0 Å². The lowest BCUT2D eigenvalue weighted by molar-refractivity contribution is 1.18. The van der Waals surface area contributed by atoms with Gasteiger partial charge < -0.3 is 9.13 Å². The van der Waals surface area contributed by atoms with Crippen molar-refractivity contribution in [1.82, 2.24) is 9.13 Å². The maximum atomic E-state index is 9.97. The van der Waals surface area contributed by atoms with Gasteiger partial charge in [-0.3, -0.25) is 0 Å². The first-order valence-corrected chi connectivity index (χ1v) is 20.4. The molecule has 0 spiro atoms. The summed E-state index contributed by atoms with van der Waals surface area (Å²) in [7, 11) is 0. The Morgan fingerprint density at radius 3 is 1.73 bits per heavy atom. The van der Waals surface area contributed by atoms with Crippen LogP contribution < -0.4 is 0 Å². The van der Waals surface area contributed by atoms with Crippen molar-refractivity contribution in [3.8, 4) is 55.9 Å². The molecule has 2 nitrogen and oxygen atoms in total.